The van der Waals surface area contributed by atoms with Crippen molar-refractivity contribution in [3.63, 3.8) is 0 Å². The molecule has 13 heavy (non-hydrogen) atoms. The molecule has 1 aliphatic rings. The Morgan fingerprint density at radius 3 is 2.69 bits per heavy atom. The first kappa shape index (κ1) is 10.5. The average molecular weight is 208 g/mol. The molecule has 1 heterocycles. The number of carbonyl (C=O) groups excluding carboxylic acids is 1. The lowest BCUT2D eigenvalue weighted by Crippen LogP contribution is -2.41. The third kappa shape index (κ3) is 2.41. The molecule has 0 aromatic carbocycles. The lowest BCUT2D eigenvalue weighted by molar-refractivity contribution is -0.147. The van der Waals surface area contributed by atoms with E-state index >= 15 is 0 Å². The van der Waals surface area contributed by atoms with Gasteiger partial charge in [0.25, 0.3) is 10.1 Å². The van der Waals surface area contributed by atoms with Gasteiger partial charge in [-0.2, -0.15) is 8.42 Å². The molecule has 2 unspecified atom stereocenters. The van der Waals surface area contributed by atoms with E-state index in [1.807, 2.05) is 0 Å². The summed E-state index contributed by atoms with van der Waals surface area (Å²) in [6.07, 6.45) is -0.142. The fraction of sp³-hybridized carbons (Fsp3) is 0.857. The molecule has 6 heteroatoms. The third-order valence-electron chi connectivity index (χ3n) is 1.95. The zero-order valence-electron chi connectivity index (χ0n) is 7.52. The smallest absolute Gasteiger partial charge is 0.302 e. The Hall–Kier alpha value is -0.620. The monoisotopic (exact) mass is 208 g/mol. The second-order valence-corrected chi connectivity index (χ2v) is 4.92. The van der Waals surface area contributed by atoms with Gasteiger partial charge in [0.2, 0.25) is 0 Å². The van der Waals surface area contributed by atoms with Crippen LogP contribution >= 0.6 is 0 Å². The molecule has 0 saturated carbocycles. The topological polar surface area (TPSA) is 69.7 Å². The number of carbonyl (C=O) groups is 1. The van der Waals surface area contributed by atoms with Gasteiger partial charge in [0, 0.05) is 13.3 Å². The molecule has 0 aliphatic carbocycles. The van der Waals surface area contributed by atoms with Crippen LogP contribution in [0.4, 0.5) is 0 Å². The minimum atomic E-state index is -3.53. The summed E-state index contributed by atoms with van der Waals surface area (Å²) in [5, 5.41) is -0.773. The summed E-state index contributed by atoms with van der Waals surface area (Å²) in [6, 6.07) is 0. The number of hydrogen-bond donors (Lipinski definition) is 0. The van der Waals surface area contributed by atoms with Gasteiger partial charge in [0.1, 0.15) is 11.4 Å². The molecule has 1 saturated heterocycles. The summed E-state index contributed by atoms with van der Waals surface area (Å²) in [5.41, 5.74) is 0. The fourth-order valence-corrected chi connectivity index (χ4v) is 2.28. The lowest BCUT2D eigenvalue weighted by atomic mass is 10.2. The van der Waals surface area contributed by atoms with E-state index in [-0.39, 0.29) is 6.61 Å². The van der Waals surface area contributed by atoms with Crippen molar-refractivity contribution in [1.29, 1.82) is 0 Å². The standard InChI is InChI=1S/C7H12O5S/c1-5-7(12-6(2)8)3-4-11-13(5,9)10/h5,7H,3-4H2,1-2H3. The minimum absolute atomic E-state index is 0.0879. The molecule has 0 aromatic heterocycles. The van der Waals surface area contributed by atoms with Gasteiger partial charge in [0.05, 0.1) is 6.61 Å². The molecular weight excluding hydrogens is 196 g/mol. The van der Waals surface area contributed by atoms with Gasteiger partial charge < -0.3 is 4.74 Å². The molecule has 0 bridgehead atoms. The molecule has 2 atom stereocenters. The summed E-state index contributed by atoms with van der Waals surface area (Å²) in [5.74, 6) is -0.464. The summed E-state index contributed by atoms with van der Waals surface area (Å²) in [6.45, 7) is 2.82. The zero-order chi connectivity index (χ0) is 10.1. The van der Waals surface area contributed by atoms with Crippen molar-refractivity contribution in [3.05, 3.63) is 0 Å². The van der Waals surface area contributed by atoms with E-state index in [1.165, 1.54) is 13.8 Å². The Morgan fingerprint density at radius 2 is 2.15 bits per heavy atom. The van der Waals surface area contributed by atoms with Crippen LogP contribution in [0.15, 0.2) is 0 Å². The van der Waals surface area contributed by atoms with Gasteiger partial charge in [-0.3, -0.25) is 8.98 Å². The summed E-state index contributed by atoms with van der Waals surface area (Å²) in [7, 11) is -3.53. The zero-order valence-corrected chi connectivity index (χ0v) is 8.33. The maximum absolute atomic E-state index is 11.2. The van der Waals surface area contributed by atoms with Gasteiger partial charge in [-0.25, -0.2) is 0 Å². The lowest BCUT2D eigenvalue weighted by Gasteiger charge is -2.27. The highest BCUT2D eigenvalue weighted by molar-refractivity contribution is 7.87. The minimum Gasteiger partial charge on any atom is -0.461 e. The summed E-state index contributed by atoms with van der Waals surface area (Å²) < 4.78 is 31.7. The largest absolute Gasteiger partial charge is 0.461 e. The highest BCUT2D eigenvalue weighted by atomic mass is 32.2. The molecule has 0 radical (unpaired) electrons. The number of rotatable bonds is 1. The molecule has 0 spiro atoms. The highest BCUT2D eigenvalue weighted by Gasteiger charge is 2.36. The van der Waals surface area contributed by atoms with Gasteiger partial charge in [-0.1, -0.05) is 0 Å². The van der Waals surface area contributed by atoms with Crippen LogP contribution in [-0.2, 0) is 23.8 Å². The molecule has 1 aliphatic heterocycles. The molecule has 0 amide bonds. The quantitative estimate of drug-likeness (QED) is 0.450. The van der Waals surface area contributed by atoms with Crippen LogP contribution in [0.25, 0.3) is 0 Å². The second kappa shape index (κ2) is 3.63. The fourth-order valence-electron chi connectivity index (χ4n) is 1.18. The van der Waals surface area contributed by atoms with E-state index in [0.29, 0.717) is 6.42 Å². The Labute approximate surface area is 77.1 Å². The number of hydrogen-bond acceptors (Lipinski definition) is 5. The van der Waals surface area contributed by atoms with E-state index in [1.54, 1.807) is 0 Å². The first-order valence-corrected chi connectivity index (χ1v) is 5.46. The first-order chi connectivity index (χ1) is 5.93. The molecule has 1 rings (SSSR count). The van der Waals surface area contributed by atoms with Crippen molar-refractivity contribution in [1.82, 2.24) is 0 Å². The second-order valence-electron chi connectivity index (χ2n) is 2.96. The van der Waals surface area contributed by atoms with Crippen molar-refractivity contribution in [3.8, 4) is 0 Å². The SMILES string of the molecule is CC(=O)OC1CCOS(=O)(=O)C1C. The van der Waals surface area contributed by atoms with Gasteiger partial charge in [-0.05, 0) is 6.92 Å². The van der Waals surface area contributed by atoms with E-state index in [0.717, 1.165) is 0 Å². The van der Waals surface area contributed by atoms with Crippen molar-refractivity contribution in [2.45, 2.75) is 31.6 Å². The summed E-state index contributed by atoms with van der Waals surface area (Å²) >= 11 is 0. The maximum atomic E-state index is 11.2. The van der Waals surface area contributed by atoms with Gasteiger partial charge in [0.15, 0.2) is 0 Å². The van der Waals surface area contributed by atoms with E-state index in [9.17, 15) is 13.2 Å². The maximum Gasteiger partial charge on any atom is 0.302 e. The Balaban J connectivity index is 2.72. The van der Waals surface area contributed by atoms with Crippen LogP contribution in [-0.4, -0.2) is 32.3 Å². The Morgan fingerprint density at radius 1 is 1.54 bits per heavy atom. The summed E-state index contributed by atoms with van der Waals surface area (Å²) in [4.78, 5) is 10.6. The van der Waals surface area contributed by atoms with Crippen LogP contribution in [0.5, 0.6) is 0 Å². The predicted octanol–water partition coefficient (Wildman–Crippen LogP) is 0.0567. The number of esters is 1. The molecule has 5 nitrogen and oxygen atoms in total. The van der Waals surface area contributed by atoms with Crippen molar-refractivity contribution < 1.29 is 22.1 Å². The molecule has 0 N–H and O–H groups in total. The molecule has 76 valence electrons. The normalized spacial score (nSPS) is 32.5. The van der Waals surface area contributed by atoms with E-state index < -0.39 is 27.4 Å². The van der Waals surface area contributed by atoms with Crippen LogP contribution in [0.3, 0.4) is 0 Å². The van der Waals surface area contributed by atoms with Crippen molar-refractivity contribution in [2.75, 3.05) is 6.61 Å². The first-order valence-electron chi connectivity index (χ1n) is 3.99. The Bertz CT molecular complexity index is 294. The predicted molar refractivity (Wildman–Crippen MR) is 44.5 cm³/mol. The molecule has 1 fully saturated rings. The van der Waals surface area contributed by atoms with Crippen LogP contribution in [0, 0.1) is 0 Å². The molecule has 0 aromatic rings. The molecular formula is C7H12O5S. The van der Waals surface area contributed by atoms with Gasteiger partial charge >= 0.3 is 5.97 Å². The van der Waals surface area contributed by atoms with E-state index in [2.05, 4.69) is 4.18 Å². The van der Waals surface area contributed by atoms with Crippen molar-refractivity contribution >= 4 is 16.1 Å². The third-order valence-corrected chi connectivity index (χ3v) is 3.66. The van der Waals surface area contributed by atoms with Crippen LogP contribution in [0.1, 0.15) is 20.3 Å². The average Bonchev–Trinajstić information content (AvgIpc) is 1.98. The Kier molecular flexibility index (Phi) is 2.92. The van der Waals surface area contributed by atoms with Crippen molar-refractivity contribution in [2.24, 2.45) is 0 Å². The highest BCUT2D eigenvalue weighted by Crippen LogP contribution is 2.20. The van der Waals surface area contributed by atoms with Gasteiger partial charge in [-0.15, -0.1) is 0 Å². The van der Waals surface area contributed by atoms with E-state index in [4.69, 9.17) is 4.74 Å². The van der Waals surface area contributed by atoms with Crippen LogP contribution < -0.4 is 0 Å². The van der Waals surface area contributed by atoms with Crippen LogP contribution in [0.2, 0.25) is 0 Å². The number of ether oxygens (including phenoxy) is 1.